The van der Waals surface area contributed by atoms with Crippen LogP contribution in [-0.4, -0.2) is 50.0 Å². The zero-order chi connectivity index (χ0) is 23.3. The highest BCUT2D eigenvalue weighted by molar-refractivity contribution is 8.23. The topological polar surface area (TPSA) is 104 Å². The van der Waals surface area contributed by atoms with Crippen molar-refractivity contribution in [3.05, 3.63) is 11.6 Å². The predicted octanol–water partition coefficient (Wildman–Crippen LogP) is 3.51. The number of hydrogen-bond donors (Lipinski definition) is 3. The first-order valence-electron chi connectivity index (χ1n) is 11.6. The number of ketones is 2. The van der Waals surface area contributed by atoms with Crippen LogP contribution in [0.25, 0.3) is 0 Å². The van der Waals surface area contributed by atoms with Crippen LogP contribution in [-0.2, 0) is 14.4 Å². The molecule has 3 N–H and O–H groups in total. The van der Waals surface area contributed by atoms with Crippen molar-refractivity contribution in [3.8, 4) is 0 Å². The Balaban J connectivity index is 1.48. The van der Waals surface area contributed by atoms with Crippen molar-refractivity contribution in [1.82, 2.24) is 5.32 Å². The number of hydrogen-bond acceptors (Lipinski definition) is 6. The number of thioether (sulfide) groups is 1. The van der Waals surface area contributed by atoms with Crippen molar-refractivity contribution in [2.45, 2.75) is 70.8 Å². The van der Waals surface area contributed by atoms with Gasteiger partial charge >= 0.3 is 5.97 Å². The summed E-state index contributed by atoms with van der Waals surface area (Å²) < 4.78 is 0.263. The summed E-state index contributed by atoms with van der Waals surface area (Å²) in [6, 6.07) is 0. The molecule has 6 nitrogen and oxygen atoms in total. The van der Waals surface area contributed by atoms with Crippen molar-refractivity contribution < 1.29 is 24.6 Å². The monoisotopic (exact) mass is 479 g/mol. The molecule has 0 aromatic heterocycles. The summed E-state index contributed by atoms with van der Waals surface area (Å²) in [6.45, 7) is 4.15. The highest BCUT2D eigenvalue weighted by atomic mass is 32.2. The fourth-order valence-electron chi connectivity index (χ4n) is 7.48. The van der Waals surface area contributed by atoms with E-state index in [9.17, 15) is 19.5 Å². The molecule has 0 radical (unpaired) electrons. The van der Waals surface area contributed by atoms with Crippen LogP contribution in [0.3, 0.4) is 0 Å². The number of rotatable bonds is 5. The number of allylic oxidation sites excluding steroid dienone is 1. The van der Waals surface area contributed by atoms with Gasteiger partial charge in [-0.2, -0.15) is 0 Å². The standard InChI is InChI=1S/C24H33NO5S2/c1-22-8-5-15(26)11-14(22)3-4-16-17(22)6-9-23(2)18(16)7-10-24(23,30)19(27)13-32-21(31)25-12-20(28)29/h11,16-18,30H,3-10,12-13H2,1-2H3,(H,25,31)(H,28,29). The minimum absolute atomic E-state index is 0.0467. The first-order chi connectivity index (χ1) is 15.0. The third-order valence-corrected chi connectivity index (χ3v) is 10.6. The van der Waals surface area contributed by atoms with E-state index in [2.05, 4.69) is 19.2 Å². The Bertz CT molecular complexity index is 888. The molecule has 4 aliphatic rings. The third-order valence-electron chi connectivity index (χ3n) is 9.29. The summed E-state index contributed by atoms with van der Waals surface area (Å²) in [5.41, 5.74) is -0.427. The van der Waals surface area contributed by atoms with Crippen molar-refractivity contribution >= 4 is 45.8 Å². The summed E-state index contributed by atoms with van der Waals surface area (Å²) in [5.74, 6) is 0.369. The van der Waals surface area contributed by atoms with Crippen LogP contribution in [0.2, 0.25) is 0 Å². The molecule has 0 aromatic rings. The average Bonchev–Trinajstić information content (AvgIpc) is 3.03. The number of carboxylic acids is 1. The Kier molecular flexibility index (Phi) is 6.36. The molecule has 4 aliphatic carbocycles. The van der Waals surface area contributed by atoms with Gasteiger partial charge in [-0.05, 0) is 74.2 Å². The minimum atomic E-state index is -1.36. The van der Waals surface area contributed by atoms with Gasteiger partial charge in [-0.3, -0.25) is 14.4 Å². The number of aliphatic carboxylic acids is 1. The van der Waals surface area contributed by atoms with Crippen LogP contribution < -0.4 is 5.32 Å². The van der Waals surface area contributed by atoms with E-state index in [-0.39, 0.29) is 33.6 Å². The van der Waals surface area contributed by atoms with E-state index in [1.165, 1.54) is 5.57 Å². The maximum absolute atomic E-state index is 13.2. The van der Waals surface area contributed by atoms with E-state index in [0.29, 0.717) is 30.6 Å². The Morgan fingerprint density at radius 1 is 1.16 bits per heavy atom. The second-order valence-corrected chi connectivity index (χ2v) is 12.2. The maximum Gasteiger partial charge on any atom is 0.322 e. The maximum atomic E-state index is 13.2. The second-order valence-electron chi connectivity index (χ2n) is 10.6. The Morgan fingerprint density at radius 3 is 2.59 bits per heavy atom. The molecule has 0 bridgehead atoms. The molecule has 32 heavy (non-hydrogen) atoms. The number of nitrogens with one attached hydrogen (secondary N) is 1. The van der Waals surface area contributed by atoms with E-state index in [4.69, 9.17) is 17.3 Å². The van der Waals surface area contributed by atoms with Gasteiger partial charge < -0.3 is 15.5 Å². The van der Waals surface area contributed by atoms with Crippen molar-refractivity contribution in [1.29, 1.82) is 0 Å². The lowest BCUT2D eigenvalue weighted by Gasteiger charge is -2.58. The normalized spacial score (nSPS) is 40.5. The quantitative estimate of drug-likeness (QED) is 0.515. The number of carbonyl (C=O) groups is 3. The molecule has 4 rings (SSSR count). The summed E-state index contributed by atoms with van der Waals surface area (Å²) in [7, 11) is 0. The number of Topliss-reactive ketones (excluding diaryl/α,β-unsaturated/α-hetero) is 1. The van der Waals surface area contributed by atoms with E-state index >= 15 is 0 Å². The van der Waals surface area contributed by atoms with Gasteiger partial charge in [-0.15, -0.1) is 0 Å². The van der Waals surface area contributed by atoms with E-state index in [1.807, 2.05) is 6.08 Å². The van der Waals surface area contributed by atoms with Crippen LogP contribution in [0, 0.1) is 28.6 Å². The molecule has 0 aliphatic heterocycles. The Labute approximate surface area is 199 Å². The van der Waals surface area contributed by atoms with Gasteiger partial charge in [0.2, 0.25) is 0 Å². The number of fused-ring (bicyclic) bond motifs is 5. The summed E-state index contributed by atoms with van der Waals surface area (Å²) in [6.07, 6.45) is 8.53. The van der Waals surface area contributed by atoms with Crippen LogP contribution in [0.4, 0.5) is 0 Å². The smallest absolute Gasteiger partial charge is 0.322 e. The van der Waals surface area contributed by atoms with Gasteiger partial charge in [0.25, 0.3) is 0 Å². The van der Waals surface area contributed by atoms with Gasteiger partial charge in [0.05, 0.1) is 5.75 Å². The molecule has 0 saturated heterocycles. The Morgan fingerprint density at radius 2 is 1.88 bits per heavy atom. The number of carbonyl (C=O) groups excluding carboxylic acids is 2. The molecule has 6 unspecified atom stereocenters. The minimum Gasteiger partial charge on any atom is -0.480 e. The molecule has 8 heteroatoms. The predicted molar refractivity (Wildman–Crippen MR) is 127 cm³/mol. The van der Waals surface area contributed by atoms with Gasteiger partial charge in [0.15, 0.2) is 11.6 Å². The molecule has 0 heterocycles. The second kappa shape index (κ2) is 8.51. The van der Waals surface area contributed by atoms with Gasteiger partial charge in [0.1, 0.15) is 16.5 Å². The SMILES string of the molecule is CC12CCC(=O)C=C1CCC1C2CCC2(C)C1CCC2(O)C(=O)CSC(=S)NCC(=O)O. The number of carboxylic acid groups (broad SMARTS) is 1. The largest absolute Gasteiger partial charge is 0.480 e. The molecular weight excluding hydrogens is 446 g/mol. The van der Waals surface area contributed by atoms with Crippen molar-refractivity contribution in [2.75, 3.05) is 12.3 Å². The zero-order valence-electron chi connectivity index (χ0n) is 18.8. The number of thiocarbonyl (C=S) groups is 1. The molecule has 0 spiro atoms. The van der Waals surface area contributed by atoms with E-state index < -0.39 is 17.0 Å². The molecule has 0 amide bonds. The van der Waals surface area contributed by atoms with Crippen LogP contribution in [0.1, 0.15) is 65.2 Å². The van der Waals surface area contributed by atoms with Crippen LogP contribution in [0.15, 0.2) is 11.6 Å². The summed E-state index contributed by atoms with van der Waals surface area (Å²) in [5, 5.41) is 23.1. The molecular formula is C24H33NO5S2. The van der Waals surface area contributed by atoms with Gasteiger partial charge in [-0.1, -0.05) is 43.4 Å². The number of aliphatic hydroxyl groups is 1. The molecule has 0 aromatic carbocycles. The van der Waals surface area contributed by atoms with Crippen molar-refractivity contribution in [2.24, 2.45) is 28.6 Å². The zero-order valence-corrected chi connectivity index (χ0v) is 20.4. The molecule has 3 fully saturated rings. The van der Waals surface area contributed by atoms with Crippen LogP contribution >= 0.6 is 24.0 Å². The molecule has 3 saturated carbocycles. The average molecular weight is 480 g/mol. The van der Waals surface area contributed by atoms with Crippen LogP contribution in [0.5, 0.6) is 0 Å². The molecule has 6 atom stereocenters. The highest BCUT2D eigenvalue weighted by Crippen LogP contribution is 2.67. The van der Waals surface area contributed by atoms with Gasteiger partial charge in [-0.25, -0.2) is 0 Å². The lowest BCUT2D eigenvalue weighted by molar-refractivity contribution is -0.159. The van der Waals surface area contributed by atoms with E-state index in [1.54, 1.807) is 0 Å². The lowest BCUT2D eigenvalue weighted by Crippen LogP contribution is -2.58. The summed E-state index contributed by atoms with van der Waals surface area (Å²) >= 11 is 6.22. The lowest BCUT2D eigenvalue weighted by atomic mass is 9.46. The van der Waals surface area contributed by atoms with Gasteiger partial charge in [0, 0.05) is 11.8 Å². The fourth-order valence-corrected chi connectivity index (χ4v) is 8.41. The first kappa shape index (κ1) is 23.9. The van der Waals surface area contributed by atoms with E-state index in [0.717, 1.165) is 50.3 Å². The van der Waals surface area contributed by atoms with Crippen molar-refractivity contribution in [3.63, 3.8) is 0 Å². The fraction of sp³-hybridized carbons (Fsp3) is 0.750. The molecule has 176 valence electrons. The third kappa shape index (κ3) is 3.76. The Hall–Kier alpha value is -1.25. The summed E-state index contributed by atoms with van der Waals surface area (Å²) in [4.78, 5) is 35.9. The highest BCUT2D eigenvalue weighted by Gasteiger charge is 2.66. The first-order valence-corrected chi connectivity index (χ1v) is 13.0.